The van der Waals surface area contributed by atoms with Gasteiger partial charge in [0.05, 0.1) is 0 Å². The second-order valence-corrected chi connectivity index (χ2v) is 6.56. The lowest BCUT2D eigenvalue weighted by Crippen LogP contribution is -2.74. The van der Waals surface area contributed by atoms with Crippen LogP contribution in [-0.4, -0.2) is 64.6 Å². The van der Waals surface area contributed by atoms with Crippen molar-refractivity contribution < 1.29 is 84.5 Å². The van der Waals surface area contributed by atoms with E-state index in [1.54, 1.807) is 0 Å². The van der Waals surface area contributed by atoms with Crippen molar-refractivity contribution in [3.05, 3.63) is 0 Å². The van der Waals surface area contributed by atoms with Crippen LogP contribution < -0.4 is 4.72 Å². The Kier molecular flexibility index (Phi) is 7.92. The summed E-state index contributed by atoms with van der Waals surface area (Å²) in [6.07, 6.45) is -12.5. The summed E-state index contributed by atoms with van der Waals surface area (Å²) in [6, 6.07) is 0. The summed E-state index contributed by atoms with van der Waals surface area (Å²) in [5.74, 6) is -58.3. The molecule has 0 aromatic rings. The van der Waals surface area contributed by atoms with E-state index in [2.05, 4.69) is 0 Å². The van der Waals surface area contributed by atoms with E-state index in [-0.39, 0.29) is 0 Å². The zero-order chi connectivity index (χ0) is 26.4. The van der Waals surface area contributed by atoms with Crippen LogP contribution in [0.2, 0.25) is 0 Å². The molecule has 0 heterocycles. The molecule has 0 bridgehead atoms. The number of carboxylic acid groups (broad SMARTS) is 1. The fourth-order valence-electron chi connectivity index (χ4n) is 1.65. The third-order valence-corrected chi connectivity index (χ3v) is 4.19. The SMILES string of the molecule is O=C(O)NSCCC(F)(F)C(F)(F)C(F)(F)C(F)(F)C(F)(F)C(F)(F)C(F)(F)C(F)(F)F. The van der Waals surface area contributed by atoms with Crippen LogP contribution >= 0.6 is 11.9 Å². The molecule has 0 saturated carbocycles. The lowest BCUT2D eigenvalue weighted by atomic mass is 9.88. The maximum atomic E-state index is 13.4. The Morgan fingerprint density at radius 2 is 0.906 bits per heavy atom. The van der Waals surface area contributed by atoms with Crippen LogP contribution in [0.15, 0.2) is 0 Å². The first-order valence-electron chi connectivity index (χ1n) is 6.99. The first-order chi connectivity index (χ1) is 13.7. The summed E-state index contributed by atoms with van der Waals surface area (Å²) < 4.78 is 221. The van der Waals surface area contributed by atoms with Gasteiger partial charge in [-0.25, -0.2) is 4.79 Å². The van der Waals surface area contributed by atoms with E-state index in [0.29, 0.717) is 0 Å². The molecule has 32 heavy (non-hydrogen) atoms. The Labute approximate surface area is 168 Å². The normalized spacial score (nSPS) is 15.7. The maximum absolute atomic E-state index is 13.4. The molecule has 0 aromatic carbocycles. The van der Waals surface area contributed by atoms with Gasteiger partial charge in [-0.05, 0) is 11.9 Å². The topological polar surface area (TPSA) is 49.3 Å². The van der Waals surface area contributed by atoms with Gasteiger partial charge in [0.2, 0.25) is 0 Å². The van der Waals surface area contributed by atoms with Gasteiger partial charge in [0.15, 0.2) is 0 Å². The zero-order valence-electron chi connectivity index (χ0n) is 14.1. The lowest BCUT2D eigenvalue weighted by Gasteiger charge is -2.42. The van der Waals surface area contributed by atoms with Crippen LogP contribution in [0.4, 0.5) is 79.4 Å². The summed E-state index contributed by atoms with van der Waals surface area (Å²) in [6.45, 7) is 0. The molecular weight excluding hydrogens is 533 g/mol. The molecule has 2 N–H and O–H groups in total. The second kappa shape index (κ2) is 8.33. The number of hydrogen-bond acceptors (Lipinski definition) is 2. The fourth-order valence-corrected chi connectivity index (χ4v) is 2.23. The number of alkyl halides is 17. The van der Waals surface area contributed by atoms with Gasteiger partial charge in [0, 0.05) is 12.2 Å². The number of hydrogen-bond donors (Lipinski definition) is 2. The minimum absolute atomic E-state index is 0.449. The Morgan fingerprint density at radius 3 is 1.22 bits per heavy atom. The minimum Gasteiger partial charge on any atom is -0.464 e. The molecule has 0 aliphatic carbocycles. The molecule has 0 saturated heterocycles. The Morgan fingerprint density at radius 1 is 0.594 bits per heavy atom. The van der Waals surface area contributed by atoms with E-state index < -0.39 is 77.8 Å². The fraction of sp³-hybridized carbons (Fsp3) is 0.909. The summed E-state index contributed by atoms with van der Waals surface area (Å²) in [7, 11) is 0. The molecule has 192 valence electrons. The number of carbonyl (C=O) groups is 1. The van der Waals surface area contributed by atoms with Crippen molar-refractivity contribution in [2.45, 2.75) is 54.1 Å². The van der Waals surface area contributed by atoms with Crippen molar-refractivity contribution in [3.8, 4) is 0 Å². The highest BCUT2D eigenvalue weighted by Gasteiger charge is 2.95. The van der Waals surface area contributed by atoms with Crippen LogP contribution in [0.1, 0.15) is 6.42 Å². The van der Waals surface area contributed by atoms with Gasteiger partial charge in [0.1, 0.15) is 0 Å². The van der Waals surface area contributed by atoms with Gasteiger partial charge in [-0.2, -0.15) is 74.6 Å². The highest BCUT2D eigenvalue weighted by Crippen LogP contribution is 2.64. The summed E-state index contributed by atoms with van der Waals surface area (Å²) >= 11 is -0.449. The lowest BCUT2D eigenvalue weighted by molar-refractivity contribution is -0.461. The predicted molar refractivity (Wildman–Crippen MR) is 68.9 cm³/mol. The molecule has 0 radical (unpaired) electrons. The van der Waals surface area contributed by atoms with E-state index in [1.807, 2.05) is 0 Å². The first-order valence-corrected chi connectivity index (χ1v) is 7.97. The number of nitrogens with one attached hydrogen (secondary N) is 1. The molecule has 1 amide bonds. The summed E-state index contributed by atoms with van der Waals surface area (Å²) in [5.41, 5.74) is 0. The standard InChI is InChI=1S/C11H6F17NO2S/c12-4(13,1-2-32-29-3(30)31)5(14,15)6(16,17)7(18,19)8(20,21)9(22,23)10(24,25)11(26,27)28/h29H,1-2H2,(H,30,31). The second-order valence-electron chi connectivity index (χ2n) is 5.65. The van der Waals surface area contributed by atoms with Gasteiger partial charge in [0.25, 0.3) is 0 Å². The molecule has 0 atom stereocenters. The van der Waals surface area contributed by atoms with E-state index >= 15 is 0 Å². The van der Waals surface area contributed by atoms with Crippen LogP contribution in [0.5, 0.6) is 0 Å². The van der Waals surface area contributed by atoms with Gasteiger partial charge < -0.3 is 5.11 Å². The molecule has 0 aliphatic heterocycles. The third kappa shape index (κ3) is 4.44. The molecule has 0 spiro atoms. The summed E-state index contributed by atoms with van der Waals surface area (Å²) in [4.78, 5) is 9.98. The van der Waals surface area contributed by atoms with Crippen molar-refractivity contribution in [3.63, 3.8) is 0 Å². The maximum Gasteiger partial charge on any atom is 0.460 e. The highest BCUT2D eigenvalue weighted by molar-refractivity contribution is 7.97. The Hall–Kier alpha value is -1.57. The van der Waals surface area contributed by atoms with Crippen molar-refractivity contribution in [2.75, 3.05) is 5.75 Å². The van der Waals surface area contributed by atoms with Crippen molar-refractivity contribution in [1.29, 1.82) is 0 Å². The predicted octanol–water partition coefficient (Wildman–Crippen LogP) is 6.30. The van der Waals surface area contributed by atoms with Crippen LogP contribution in [0.25, 0.3) is 0 Å². The Bertz CT molecular complexity index is 688. The molecule has 0 aliphatic rings. The molecule has 0 aromatic heterocycles. The average Bonchev–Trinajstić information content (AvgIpc) is 2.56. The minimum atomic E-state index is -8.67. The zero-order valence-corrected chi connectivity index (χ0v) is 14.9. The van der Waals surface area contributed by atoms with Gasteiger partial charge in [-0.3, -0.25) is 4.72 Å². The van der Waals surface area contributed by atoms with Gasteiger partial charge >= 0.3 is 53.7 Å². The molecule has 0 fully saturated rings. The number of rotatable bonds is 10. The quantitative estimate of drug-likeness (QED) is 0.195. The van der Waals surface area contributed by atoms with Crippen LogP contribution in [0, 0.1) is 0 Å². The molecule has 3 nitrogen and oxygen atoms in total. The largest absolute Gasteiger partial charge is 0.464 e. The third-order valence-electron chi connectivity index (χ3n) is 3.46. The van der Waals surface area contributed by atoms with Crippen molar-refractivity contribution in [2.24, 2.45) is 0 Å². The van der Waals surface area contributed by atoms with E-state index in [0.717, 1.165) is 4.72 Å². The van der Waals surface area contributed by atoms with Crippen LogP contribution in [0.3, 0.4) is 0 Å². The molecule has 0 unspecified atom stereocenters. The number of amides is 1. The Balaban J connectivity index is 6.33. The van der Waals surface area contributed by atoms with Gasteiger partial charge in [-0.15, -0.1) is 0 Å². The van der Waals surface area contributed by atoms with Crippen molar-refractivity contribution in [1.82, 2.24) is 4.72 Å². The highest BCUT2D eigenvalue weighted by atomic mass is 32.2. The first kappa shape index (κ1) is 30.4. The molecule has 21 heteroatoms. The van der Waals surface area contributed by atoms with Crippen LogP contribution in [-0.2, 0) is 0 Å². The summed E-state index contributed by atoms with van der Waals surface area (Å²) in [5, 5.41) is 8.04. The van der Waals surface area contributed by atoms with E-state index in [9.17, 15) is 79.4 Å². The number of halogens is 17. The monoisotopic (exact) mass is 539 g/mol. The van der Waals surface area contributed by atoms with Crippen molar-refractivity contribution >= 4 is 18.0 Å². The van der Waals surface area contributed by atoms with Gasteiger partial charge in [-0.1, -0.05) is 0 Å². The van der Waals surface area contributed by atoms with E-state index in [1.165, 1.54) is 0 Å². The average molecular weight is 539 g/mol. The molecular formula is C11H6F17NO2S. The smallest absolute Gasteiger partial charge is 0.460 e. The van der Waals surface area contributed by atoms with E-state index in [4.69, 9.17) is 5.11 Å². The molecule has 0 rings (SSSR count).